The molecule has 0 spiro atoms. The predicted octanol–water partition coefficient (Wildman–Crippen LogP) is 1.24. The largest absolute Gasteiger partial charge is 0.303 e. The van der Waals surface area contributed by atoms with Gasteiger partial charge in [-0.1, -0.05) is 0 Å². The first kappa shape index (κ1) is 7.12. The minimum atomic E-state index is 0.351. The molecule has 2 aliphatic rings. The van der Waals surface area contributed by atoms with Gasteiger partial charge in [0.2, 0.25) is 0 Å². The van der Waals surface area contributed by atoms with E-state index in [2.05, 4.69) is 18.0 Å². The molecular weight excluding hydrogens is 136 g/mol. The fourth-order valence-corrected chi connectivity index (χ4v) is 2.57. The third-order valence-corrected chi connectivity index (χ3v) is 3.13. The van der Waals surface area contributed by atoms with Crippen LogP contribution in [0, 0.1) is 23.2 Å². The second-order valence-electron chi connectivity index (χ2n) is 3.99. The molecule has 1 aliphatic heterocycles. The summed E-state index contributed by atoms with van der Waals surface area (Å²) in [5, 5.41) is 8.77. The molecule has 3 atom stereocenters. The number of rotatable bonds is 0. The normalized spacial score (nSPS) is 43.8. The molecule has 0 aromatic rings. The van der Waals surface area contributed by atoms with Gasteiger partial charge in [-0.15, -0.1) is 0 Å². The van der Waals surface area contributed by atoms with Crippen molar-refractivity contribution in [1.82, 2.24) is 4.90 Å². The van der Waals surface area contributed by atoms with Gasteiger partial charge in [0.05, 0.1) is 6.07 Å². The van der Waals surface area contributed by atoms with E-state index in [9.17, 15) is 0 Å². The smallest absolute Gasteiger partial charge is 0.0656 e. The van der Waals surface area contributed by atoms with Gasteiger partial charge in [-0.25, -0.2) is 0 Å². The predicted molar refractivity (Wildman–Crippen MR) is 42.9 cm³/mol. The molecule has 0 amide bonds. The van der Waals surface area contributed by atoms with Crippen LogP contribution in [-0.4, -0.2) is 24.5 Å². The molecule has 1 saturated heterocycles. The number of hydrogen-bond acceptors (Lipinski definition) is 2. The maximum absolute atomic E-state index is 8.77. The maximum Gasteiger partial charge on any atom is 0.0656 e. The van der Waals surface area contributed by atoms with Crippen LogP contribution in [0.25, 0.3) is 0 Å². The summed E-state index contributed by atoms with van der Waals surface area (Å²) in [6, 6.07) is 3.12. The molecule has 2 fully saturated rings. The SMILES string of the molecule is CN1C[C@@H]2C[C@H](C#N)C[C@H]1C2. The Morgan fingerprint density at radius 2 is 2.18 bits per heavy atom. The fraction of sp³-hybridized carbons (Fsp3) is 0.889. The highest BCUT2D eigenvalue weighted by atomic mass is 15.2. The molecule has 11 heavy (non-hydrogen) atoms. The molecule has 1 heterocycles. The van der Waals surface area contributed by atoms with Crippen molar-refractivity contribution in [3.63, 3.8) is 0 Å². The summed E-state index contributed by atoms with van der Waals surface area (Å²) >= 11 is 0. The highest BCUT2D eigenvalue weighted by Gasteiger charge is 2.37. The summed E-state index contributed by atoms with van der Waals surface area (Å²) < 4.78 is 0. The van der Waals surface area contributed by atoms with Crippen molar-refractivity contribution in [2.75, 3.05) is 13.6 Å². The Labute approximate surface area is 67.8 Å². The number of likely N-dealkylation sites (tertiary alicyclic amines) is 1. The van der Waals surface area contributed by atoms with E-state index in [4.69, 9.17) is 5.26 Å². The Kier molecular flexibility index (Phi) is 1.61. The van der Waals surface area contributed by atoms with Crippen LogP contribution in [0.2, 0.25) is 0 Å². The third-order valence-electron chi connectivity index (χ3n) is 3.13. The van der Waals surface area contributed by atoms with Crippen molar-refractivity contribution >= 4 is 0 Å². The maximum atomic E-state index is 8.77. The van der Waals surface area contributed by atoms with Gasteiger partial charge in [0.15, 0.2) is 0 Å². The Bertz CT molecular complexity index is 192. The van der Waals surface area contributed by atoms with E-state index in [1.165, 1.54) is 13.0 Å². The standard InChI is InChI=1S/C9H14N2/c1-11-6-8-2-7(5-10)3-9(11)4-8/h7-9H,2-4,6H2,1H3/t7-,8+,9-/m0/s1. The quantitative estimate of drug-likeness (QED) is 0.519. The first-order valence-electron chi connectivity index (χ1n) is 4.39. The van der Waals surface area contributed by atoms with Gasteiger partial charge in [-0.3, -0.25) is 0 Å². The summed E-state index contributed by atoms with van der Waals surface area (Å²) in [7, 11) is 2.18. The molecule has 0 aromatic carbocycles. The van der Waals surface area contributed by atoms with Crippen molar-refractivity contribution < 1.29 is 0 Å². The van der Waals surface area contributed by atoms with E-state index in [-0.39, 0.29) is 0 Å². The van der Waals surface area contributed by atoms with Gasteiger partial charge in [0, 0.05) is 18.5 Å². The molecule has 2 bridgehead atoms. The molecule has 0 unspecified atom stereocenters. The monoisotopic (exact) mass is 150 g/mol. The molecule has 2 heteroatoms. The van der Waals surface area contributed by atoms with E-state index in [0.717, 1.165) is 24.8 Å². The molecule has 0 aromatic heterocycles. The van der Waals surface area contributed by atoms with E-state index in [1.54, 1.807) is 0 Å². The second kappa shape index (κ2) is 2.49. The molecule has 0 radical (unpaired) electrons. The molecule has 1 aliphatic carbocycles. The van der Waals surface area contributed by atoms with Gasteiger partial charge in [-0.05, 0) is 32.2 Å². The van der Waals surface area contributed by atoms with Gasteiger partial charge in [0.25, 0.3) is 0 Å². The number of nitrogens with zero attached hydrogens (tertiary/aromatic N) is 2. The molecule has 60 valence electrons. The first-order chi connectivity index (χ1) is 5.29. The summed E-state index contributed by atoms with van der Waals surface area (Å²) in [5.41, 5.74) is 0. The zero-order valence-corrected chi connectivity index (χ0v) is 6.95. The highest BCUT2D eigenvalue weighted by molar-refractivity contribution is 4.98. The number of fused-ring (bicyclic) bond motifs is 2. The summed E-state index contributed by atoms with van der Waals surface area (Å²) in [6.07, 6.45) is 3.61. The average Bonchev–Trinajstić information content (AvgIpc) is 2.26. The van der Waals surface area contributed by atoms with Gasteiger partial charge in [-0.2, -0.15) is 5.26 Å². The molecule has 2 rings (SSSR count). The Morgan fingerprint density at radius 3 is 2.82 bits per heavy atom. The van der Waals surface area contributed by atoms with Crippen LogP contribution in [0.5, 0.6) is 0 Å². The van der Waals surface area contributed by atoms with Crippen LogP contribution >= 0.6 is 0 Å². The van der Waals surface area contributed by atoms with Gasteiger partial charge >= 0.3 is 0 Å². The molecule has 0 N–H and O–H groups in total. The van der Waals surface area contributed by atoms with Crippen molar-refractivity contribution in [3.05, 3.63) is 0 Å². The lowest BCUT2D eigenvalue weighted by Gasteiger charge is -2.23. The lowest BCUT2D eigenvalue weighted by molar-refractivity contribution is 0.274. The lowest BCUT2D eigenvalue weighted by atomic mass is 9.83. The minimum absolute atomic E-state index is 0.351. The van der Waals surface area contributed by atoms with Gasteiger partial charge in [0.1, 0.15) is 0 Å². The summed E-state index contributed by atoms with van der Waals surface area (Å²) in [5.74, 6) is 1.17. The van der Waals surface area contributed by atoms with Crippen LogP contribution < -0.4 is 0 Å². The molecular formula is C9H14N2. The van der Waals surface area contributed by atoms with Crippen LogP contribution in [0.15, 0.2) is 0 Å². The number of hydrogen-bond donors (Lipinski definition) is 0. The summed E-state index contributed by atoms with van der Waals surface area (Å²) in [6.45, 7) is 1.23. The molecule has 1 saturated carbocycles. The zero-order chi connectivity index (χ0) is 7.84. The van der Waals surface area contributed by atoms with E-state index in [1.807, 2.05) is 0 Å². The zero-order valence-electron chi connectivity index (χ0n) is 6.95. The fourth-order valence-electron chi connectivity index (χ4n) is 2.57. The van der Waals surface area contributed by atoms with Crippen molar-refractivity contribution in [1.29, 1.82) is 5.26 Å². The Morgan fingerprint density at radius 1 is 1.36 bits per heavy atom. The summed E-state index contributed by atoms with van der Waals surface area (Å²) in [4.78, 5) is 2.42. The van der Waals surface area contributed by atoms with E-state index in [0.29, 0.717) is 5.92 Å². The minimum Gasteiger partial charge on any atom is -0.303 e. The van der Waals surface area contributed by atoms with Crippen LogP contribution in [-0.2, 0) is 0 Å². The topological polar surface area (TPSA) is 27.0 Å². The van der Waals surface area contributed by atoms with E-state index >= 15 is 0 Å². The van der Waals surface area contributed by atoms with Crippen LogP contribution in [0.3, 0.4) is 0 Å². The molecule has 2 nitrogen and oxygen atoms in total. The van der Waals surface area contributed by atoms with E-state index < -0.39 is 0 Å². The van der Waals surface area contributed by atoms with Crippen LogP contribution in [0.4, 0.5) is 0 Å². The highest BCUT2D eigenvalue weighted by Crippen LogP contribution is 2.37. The Hall–Kier alpha value is -0.550. The lowest BCUT2D eigenvalue weighted by Crippen LogP contribution is -2.26. The van der Waals surface area contributed by atoms with Crippen molar-refractivity contribution in [3.8, 4) is 6.07 Å². The van der Waals surface area contributed by atoms with Gasteiger partial charge < -0.3 is 4.90 Å². The first-order valence-corrected chi connectivity index (χ1v) is 4.39. The second-order valence-corrected chi connectivity index (χ2v) is 3.99. The van der Waals surface area contributed by atoms with Crippen molar-refractivity contribution in [2.45, 2.75) is 25.3 Å². The number of nitriles is 1. The van der Waals surface area contributed by atoms with Crippen molar-refractivity contribution in [2.24, 2.45) is 11.8 Å². The van der Waals surface area contributed by atoms with Crippen LogP contribution in [0.1, 0.15) is 19.3 Å². The average molecular weight is 150 g/mol. The Balaban J connectivity index is 2.07. The third kappa shape index (κ3) is 1.14.